The van der Waals surface area contributed by atoms with Crippen LogP contribution in [0.25, 0.3) is 0 Å². The third-order valence-electron chi connectivity index (χ3n) is 3.90. The zero-order valence-corrected chi connectivity index (χ0v) is 14.4. The Kier molecular flexibility index (Phi) is 5.18. The molecule has 0 spiro atoms. The number of ether oxygens (including phenoxy) is 1. The second kappa shape index (κ2) is 7.34. The van der Waals surface area contributed by atoms with E-state index in [0.29, 0.717) is 12.4 Å². The van der Waals surface area contributed by atoms with E-state index >= 15 is 0 Å². The minimum absolute atomic E-state index is 0.0188. The summed E-state index contributed by atoms with van der Waals surface area (Å²) in [6, 6.07) is 17.4. The molecule has 0 aromatic heterocycles. The zero-order chi connectivity index (χ0) is 17.0. The van der Waals surface area contributed by atoms with Gasteiger partial charge in [-0.25, -0.2) is 0 Å². The highest BCUT2D eigenvalue weighted by Crippen LogP contribution is 2.25. The standard InChI is InChI=1S/C18H21NO4S/c1-24(20,21)23-17-9-7-16(8-10-17)18-14-19(11-12-22-18)13-15-5-3-2-4-6-15/h2-10,18H,11-14H2,1H3/t18-/m1/s1. The van der Waals surface area contributed by atoms with Crippen LogP contribution < -0.4 is 4.18 Å². The molecular weight excluding hydrogens is 326 g/mol. The summed E-state index contributed by atoms with van der Waals surface area (Å²) < 4.78 is 33.0. The molecule has 1 atom stereocenters. The largest absolute Gasteiger partial charge is 0.383 e. The zero-order valence-electron chi connectivity index (χ0n) is 13.6. The van der Waals surface area contributed by atoms with Crippen LogP contribution in [0.1, 0.15) is 17.2 Å². The van der Waals surface area contributed by atoms with Crippen LogP contribution in [0.2, 0.25) is 0 Å². The lowest BCUT2D eigenvalue weighted by atomic mass is 10.1. The van der Waals surface area contributed by atoms with E-state index < -0.39 is 10.1 Å². The molecule has 2 aromatic carbocycles. The van der Waals surface area contributed by atoms with Crippen molar-refractivity contribution in [2.45, 2.75) is 12.6 Å². The molecule has 0 amide bonds. The predicted octanol–water partition coefficient (Wildman–Crippen LogP) is 2.60. The van der Waals surface area contributed by atoms with Crippen molar-refractivity contribution in [3.05, 3.63) is 65.7 Å². The van der Waals surface area contributed by atoms with Crippen LogP contribution in [0, 0.1) is 0 Å². The van der Waals surface area contributed by atoms with Crippen molar-refractivity contribution >= 4 is 10.1 Å². The molecule has 1 fully saturated rings. The molecule has 128 valence electrons. The van der Waals surface area contributed by atoms with E-state index in [9.17, 15) is 8.42 Å². The summed E-state index contributed by atoms with van der Waals surface area (Å²) in [5, 5.41) is 0. The maximum atomic E-state index is 11.2. The lowest BCUT2D eigenvalue weighted by Crippen LogP contribution is -2.37. The van der Waals surface area contributed by atoms with Crippen LogP contribution in [-0.2, 0) is 21.4 Å². The first-order chi connectivity index (χ1) is 11.5. The molecule has 0 N–H and O–H groups in total. The number of hydrogen-bond acceptors (Lipinski definition) is 5. The molecule has 0 saturated carbocycles. The van der Waals surface area contributed by atoms with E-state index in [2.05, 4.69) is 17.0 Å². The fourth-order valence-corrected chi connectivity index (χ4v) is 3.26. The minimum atomic E-state index is -3.50. The summed E-state index contributed by atoms with van der Waals surface area (Å²) in [4.78, 5) is 2.37. The van der Waals surface area contributed by atoms with Gasteiger partial charge in [0.25, 0.3) is 0 Å². The van der Waals surface area contributed by atoms with Crippen LogP contribution >= 0.6 is 0 Å². The quantitative estimate of drug-likeness (QED) is 0.778. The predicted molar refractivity (Wildman–Crippen MR) is 92.3 cm³/mol. The second-order valence-corrected chi connectivity index (χ2v) is 7.51. The van der Waals surface area contributed by atoms with Crippen LogP contribution in [-0.4, -0.2) is 39.3 Å². The van der Waals surface area contributed by atoms with Gasteiger partial charge in [0.1, 0.15) is 5.75 Å². The first-order valence-corrected chi connectivity index (χ1v) is 9.68. The number of rotatable bonds is 5. The molecule has 1 aliphatic heterocycles. The molecule has 1 heterocycles. The number of hydrogen-bond donors (Lipinski definition) is 0. The summed E-state index contributed by atoms with van der Waals surface area (Å²) in [6.45, 7) is 3.29. The minimum Gasteiger partial charge on any atom is -0.383 e. The molecule has 2 aromatic rings. The Hall–Kier alpha value is -1.89. The van der Waals surface area contributed by atoms with E-state index in [1.807, 2.05) is 30.3 Å². The van der Waals surface area contributed by atoms with Crippen LogP contribution in [0.4, 0.5) is 0 Å². The SMILES string of the molecule is CS(=O)(=O)Oc1ccc([C@H]2CN(Cc3ccccc3)CCO2)cc1. The Balaban J connectivity index is 1.64. The molecule has 6 heteroatoms. The lowest BCUT2D eigenvalue weighted by molar-refractivity contribution is -0.0329. The van der Waals surface area contributed by atoms with Gasteiger partial charge < -0.3 is 8.92 Å². The van der Waals surface area contributed by atoms with Crippen LogP contribution in [0.15, 0.2) is 54.6 Å². The van der Waals surface area contributed by atoms with Crippen molar-refractivity contribution in [3.8, 4) is 5.75 Å². The van der Waals surface area contributed by atoms with Gasteiger partial charge >= 0.3 is 10.1 Å². The molecule has 3 rings (SSSR count). The average molecular weight is 347 g/mol. The van der Waals surface area contributed by atoms with E-state index in [1.54, 1.807) is 12.1 Å². The monoisotopic (exact) mass is 347 g/mol. The molecule has 0 unspecified atom stereocenters. The van der Waals surface area contributed by atoms with Gasteiger partial charge in [0.2, 0.25) is 0 Å². The summed E-state index contributed by atoms with van der Waals surface area (Å²) in [6.07, 6.45) is 1.02. The molecule has 0 aliphatic carbocycles. The molecule has 1 saturated heterocycles. The second-order valence-electron chi connectivity index (χ2n) is 5.94. The summed E-state index contributed by atoms with van der Waals surface area (Å²) in [7, 11) is -3.50. The van der Waals surface area contributed by atoms with Crippen molar-refractivity contribution in [1.29, 1.82) is 0 Å². The van der Waals surface area contributed by atoms with Crippen LogP contribution in [0.5, 0.6) is 5.75 Å². The number of nitrogens with zero attached hydrogens (tertiary/aromatic N) is 1. The van der Waals surface area contributed by atoms with E-state index in [1.165, 1.54) is 5.56 Å². The van der Waals surface area contributed by atoms with Crippen molar-refractivity contribution in [2.24, 2.45) is 0 Å². The average Bonchev–Trinajstić information content (AvgIpc) is 2.55. The highest BCUT2D eigenvalue weighted by atomic mass is 32.2. The van der Waals surface area contributed by atoms with E-state index in [0.717, 1.165) is 31.5 Å². The van der Waals surface area contributed by atoms with E-state index in [4.69, 9.17) is 8.92 Å². The number of benzene rings is 2. The summed E-state index contributed by atoms with van der Waals surface area (Å²) in [5.74, 6) is 0.318. The van der Waals surface area contributed by atoms with Crippen molar-refractivity contribution in [3.63, 3.8) is 0 Å². The van der Waals surface area contributed by atoms with Gasteiger partial charge in [-0.3, -0.25) is 4.90 Å². The fraction of sp³-hybridized carbons (Fsp3) is 0.333. The Labute approximate surface area is 142 Å². The van der Waals surface area contributed by atoms with Gasteiger partial charge in [-0.2, -0.15) is 8.42 Å². The highest BCUT2D eigenvalue weighted by molar-refractivity contribution is 7.86. The van der Waals surface area contributed by atoms with Crippen molar-refractivity contribution in [1.82, 2.24) is 4.90 Å². The van der Waals surface area contributed by atoms with Gasteiger partial charge in [0.05, 0.1) is 19.0 Å². The first kappa shape index (κ1) is 17.0. The Bertz CT molecular complexity index is 759. The number of morpholine rings is 1. The fourth-order valence-electron chi connectivity index (χ4n) is 2.80. The Morgan fingerprint density at radius 1 is 1.12 bits per heavy atom. The Morgan fingerprint density at radius 3 is 2.50 bits per heavy atom. The molecule has 24 heavy (non-hydrogen) atoms. The van der Waals surface area contributed by atoms with Gasteiger partial charge in [0, 0.05) is 19.6 Å². The molecule has 0 radical (unpaired) electrons. The first-order valence-electron chi connectivity index (χ1n) is 7.87. The maximum Gasteiger partial charge on any atom is 0.306 e. The Morgan fingerprint density at radius 2 is 1.83 bits per heavy atom. The lowest BCUT2D eigenvalue weighted by Gasteiger charge is -2.33. The normalized spacial score (nSPS) is 19.1. The summed E-state index contributed by atoms with van der Waals surface area (Å²) in [5.41, 5.74) is 2.31. The van der Waals surface area contributed by atoms with Gasteiger partial charge in [-0.1, -0.05) is 42.5 Å². The van der Waals surface area contributed by atoms with Gasteiger partial charge in [-0.05, 0) is 23.3 Å². The molecular formula is C18H21NO4S. The van der Waals surface area contributed by atoms with E-state index in [-0.39, 0.29) is 6.10 Å². The van der Waals surface area contributed by atoms with Crippen molar-refractivity contribution < 1.29 is 17.3 Å². The summed E-state index contributed by atoms with van der Waals surface area (Å²) >= 11 is 0. The van der Waals surface area contributed by atoms with Crippen molar-refractivity contribution in [2.75, 3.05) is 26.0 Å². The van der Waals surface area contributed by atoms with Gasteiger partial charge in [-0.15, -0.1) is 0 Å². The van der Waals surface area contributed by atoms with Crippen LogP contribution in [0.3, 0.4) is 0 Å². The third kappa shape index (κ3) is 4.80. The molecule has 5 nitrogen and oxygen atoms in total. The molecule has 1 aliphatic rings. The third-order valence-corrected chi connectivity index (χ3v) is 4.39. The van der Waals surface area contributed by atoms with Gasteiger partial charge in [0.15, 0.2) is 0 Å². The molecule has 0 bridgehead atoms. The smallest absolute Gasteiger partial charge is 0.306 e. The topological polar surface area (TPSA) is 55.8 Å². The highest BCUT2D eigenvalue weighted by Gasteiger charge is 2.22. The maximum absolute atomic E-state index is 11.2.